The molecule has 2 aliphatic carbocycles. The summed E-state index contributed by atoms with van der Waals surface area (Å²) in [6, 6.07) is 0. The molecule has 3 nitrogen and oxygen atoms in total. The second kappa shape index (κ2) is 4.78. The third-order valence-corrected chi connectivity index (χ3v) is 6.20. The molecule has 4 heteroatoms. The van der Waals surface area contributed by atoms with Gasteiger partial charge in [-0.15, -0.1) is 0 Å². The summed E-state index contributed by atoms with van der Waals surface area (Å²) in [5.41, 5.74) is 0.193. The maximum Gasteiger partial charge on any atom is 0.332 e. The molecular formula is C14H23BrO3. The van der Waals surface area contributed by atoms with Crippen molar-refractivity contribution in [2.24, 2.45) is 17.3 Å². The van der Waals surface area contributed by atoms with Crippen LogP contribution in [0.25, 0.3) is 0 Å². The van der Waals surface area contributed by atoms with Gasteiger partial charge in [0.25, 0.3) is 0 Å². The van der Waals surface area contributed by atoms with Crippen molar-refractivity contribution in [1.82, 2.24) is 0 Å². The zero-order valence-corrected chi connectivity index (χ0v) is 13.2. The Morgan fingerprint density at radius 2 is 2.00 bits per heavy atom. The molecule has 0 aromatic carbocycles. The Labute approximate surface area is 118 Å². The second-order valence-electron chi connectivity index (χ2n) is 6.35. The van der Waals surface area contributed by atoms with Gasteiger partial charge in [-0.25, -0.2) is 4.79 Å². The molecule has 2 aliphatic rings. The second-order valence-corrected chi connectivity index (χ2v) is 7.45. The van der Waals surface area contributed by atoms with E-state index in [2.05, 4.69) is 36.7 Å². The Kier molecular flexibility index (Phi) is 3.81. The van der Waals surface area contributed by atoms with Gasteiger partial charge in [0.15, 0.2) is 0 Å². The molecule has 2 fully saturated rings. The Morgan fingerprint density at radius 3 is 2.61 bits per heavy atom. The highest BCUT2D eigenvalue weighted by molar-refractivity contribution is 9.09. The Hall–Kier alpha value is -0.0900. The van der Waals surface area contributed by atoms with Crippen molar-refractivity contribution in [2.75, 3.05) is 13.2 Å². The quantitative estimate of drug-likeness (QED) is 0.590. The number of esters is 1. The lowest BCUT2D eigenvalue weighted by Crippen LogP contribution is -2.43. The van der Waals surface area contributed by atoms with Crippen LogP contribution in [0.5, 0.6) is 0 Å². The first-order valence-electron chi connectivity index (χ1n) is 6.75. The summed E-state index contributed by atoms with van der Waals surface area (Å²) in [7, 11) is 0. The van der Waals surface area contributed by atoms with Crippen LogP contribution < -0.4 is 0 Å². The van der Waals surface area contributed by atoms with E-state index >= 15 is 0 Å². The summed E-state index contributed by atoms with van der Waals surface area (Å²) in [6.45, 7) is 9.05. The standard InChI is InChI=1S/C14H23BrO3/c1-5-17-12(16)8-18-14(4)7-10-9(6-11(14)15)13(10,2)3/h9-11H,5-8H2,1-4H3/t9-,10+,11-,14-/m1/s1. The lowest BCUT2D eigenvalue weighted by molar-refractivity contribution is -0.156. The van der Waals surface area contributed by atoms with E-state index in [1.54, 1.807) is 0 Å². The van der Waals surface area contributed by atoms with Crippen molar-refractivity contribution >= 4 is 21.9 Å². The number of carbonyl (C=O) groups excluding carboxylic acids is 1. The van der Waals surface area contributed by atoms with E-state index in [0.29, 0.717) is 16.8 Å². The summed E-state index contributed by atoms with van der Waals surface area (Å²) in [6.07, 6.45) is 2.16. The van der Waals surface area contributed by atoms with Gasteiger partial charge in [-0.2, -0.15) is 0 Å². The molecular weight excluding hydrogens is 296 g/mol. The number of carbonyl (C=O) groups is 1. The molecule has 18 heavy (non-hydrogen) atoms. The third-order valence-electron chi connectivity index (χ3n) is 4.86. The van der Waals surface area contributed by atoms with E-state index in [1.807, 2.05) is 6.92 Å². The molecule has 4 atom stereocenters. The number of rotatable bonds is 4. The fraction of sp³-hybridized carbons (Fsp3) is 0.929. The van der Waals surface area contributed by atoms with Crippen LogP contribution >= 0.6 is 15.9 Å². The van der Waals surface area contributed by atoms with Crippen LogP contribution in [0.3, 0.4) is 0 Å². The molecule has 2 rings (SSSR count). The largest absolute Gasteiger partial charge is 0.464 e. The molecule has 2 saturated carbocycles. The fourth-order valence-corrected chi connectivity index (χ4v) is 4.07. The van der Waals surface area contributed by atoms with Crippen LogP contribution in [0, 0.1) is 17.3 Å². The molecule has 0 aromatic rings. The number of hydrogen-bond acceptors (Lipinski definition) is 3. The topological polar surface area (TPSA) is 35.5 Å². The lowest BCUT2D eigenvalue weighted by Gasteiger charge is -2.37. The average molecular weight is 319 g/mol. The molecule has 0 amide bonds. The van der Waals surface area contributed by atoms with Gasteiger partial charge in [0.05, 0.1) is 12.2 Å². The van der Waals surface area contributed by atoms with Gasteiger partial charge >= 0.3 is 5.97 Å². The first-order chi connectivity index (χ1) is 8.31. The highest BCUT2D eigenvalue weighted by Crippen LogP contribution is 2.67. The van der Waals surface area contributed by atoms with Crippen molar-refractivity contribution in [2.45, 2.75) is 51.0 Å². The predicted molar refractivity (Wildman–Crippen MR) is 73.7 cm³/mol. The van der Waals surface area contributed by atoms with Crippen LogP contribution in [-0.4, -0.2) is 29.6 Å². The van der Waals surface area contributed by atoms with Crippen LogP contribution in [0.4, 0.5) is 0 Å². The Balaban J connectivity index is 1.92. The molecule has 0 bridgehead atoms. The summed E-state index contributed by atoms with van der Waals surface area (Å²) in [5.74, 6) is 1.27. The average Bonchev–Trinajstić information content (AvgIpc) is 2.79. The summed E-state index contributed by atoms with van der Waals surface area (Å²) < 4.78 is 10.8. The fourth-order valence-electron chi connectivity index (χ4n) is 3.34. The van der Waals surface area contributed by atoms with E-state index in [-0.39, 0.29) is 18.2 Å². The summed E-state index contributed by atoms with van der Waals surface area (Å²) in [5, 5.41) is 0. The van der Waals surface area contributed by atoms with Crippen molar-refractivity contribution in [3.8, 4) is 0 Å². The van der Waals surface area contributed by atoms with Crippen LogP contribution in [-0.2, 0) is 14.3 Å². The summed E-state index contributed by atoms with van der Waals surface area (Å²) in [4.78, 5) is 11.7. The molecule has 0 spiro atoms. The SMILES string of the molecule is CCOC(=O)CO[C@]1(C)C[C@H]2[C@@H](C[C@H]1Br)C2(C)C. The molecule has 0 radical (unpaired) electrons. The van der Waals surface area contributed by atoms with Crippen LogP contribution in [0.2, 0.25) is 0 Å². The van der Waals surface area contributed by atoms with E-state index < -0.39 is 0 Å². The van der Waals surface area contributed by atoms with Gasteiger partial charge in [0.2, 0.25) is 0 Å². The first kappa shape index (κ1) is 14.3. The maximum absolute atomic E-state index is 11.4. The molecule has 0 saturated heterocycles. The highest BCUT2D eigenvalue weighted by Gasteiger charge is 2.64. The summed E-state index contributed by atoms with van der Waals surface area (Å²) >= 11 is 3.74. The van der Waals surface area contributed by atoms with E-state index in [9.17, 15) is 4.79 Å². The van der Waals surface area contributed by atoms with Gasteiger partial charge < -0.3 is 9.47 Å². The minimum Gasteiger partial charge on any atom is -0.464 e. The highest BCUT2D eigenvalue weighted by atomic mass is 79.9. The molecule has 0 heterocycles. The van der Waals surface area contributed by atoms with Gasteiger partial charge in [-0.1, -0.05) is 29.8 Å². The number of fused-ring (bicyclic) bond motifs is 1. The zero-order valence-electron chi connectivity index (χ0n) is 11.7. The minimum absolute atomic E-state index is 0.0598. The number of hydrogen-bond donors (Lipinski definition) is 0. The molecule has 0 aromatic heterocycles. The van der Waals surface area contributed by atoms with Crippen molar-refractivity contribution in [3.05, 3.63) is 0 Å². The normalized spacial score (nSPS) is 41.1. The van der Waals surface area contributed by atoms with E-state index in [4.69, 9.17) is 9.47 Å². The van der Waals surface area contributed by atoms with E-state index in [0.717, 1.165) is 24.7 Å². The molecule has 0 unspecified atom stereocenters. The third kappa shape index (κ3) is 2.46. The number of alkyl halides is 1. The Morgan fingerprint density at radius 1 is 1.33 bits per heavy atom. The van der Waals surface area contributed by atoms with Gasteiger partial charge in [0, 0.05) is 4.83 Å². The predicted octanol–water partition coefficient (Wildman–Crippen LogP) is 3.15. The number of halogens is 1. The molecule has 0 aliphatic heterocycles. The maximum atomic E-state index is 11.4. The van der Waals surface area contributed by atoms with Gasteiger partial charge in [-0.05, 0) is 43.9 Å². The number of ether oxygens (including phenoxy) is 2. The van der Waals surface area contributed by atoms with Crippen molar-refractivity contribution in [3.63, 3.8) is 0 Å². The first-order valence-corrected chi connectivity index (χ1v) is 7.66. The van der Waals surface area contributed by atoms with Crippen LogP contribution in [0.15, 0.2) is 0 Å². The van der Waals surface area contributed by atoms with Crippen molar-refractivity contribution in [1.29, 1.82) is 0 Å². The Bertz CT molecular complexity index is 342. The van der Waals surface area contributed by atoms with Crippen LogP contribution in [0.1, 0.15) is 40.5 Å². The monoisotopic (exact) mass is 318 g/mol. The van der Waals surface area contributed by atoms with Gasteiger partial charge in [-0.3, -0.25) is 0 Å². The zero-order chi connectivity index (χ0) is 13.6. The minimum atomic E-state index is -0.268. The molecule has 0 N–H and O–H groups in total. The smallest absolute Gasteiger partial charge is 0.332 e. The van der Waals surface area contributed by atoms with Crippen molar-refractivity contribution < 1.29 is 14.3 Å². The van der Waals surface area contributed by atoms with Gasteiger partial charge in [0.1, 0.15) is 6.61 Å². The lowest BCUT2D eigenvalue weighted by atomic mass is 9.86. The van der Waals surface area contributed by atoms with E-state index in [1.165, 1.54) is 0 Å². The molecule has 104 valence electrons.